The van der Waals surface area contributed by atoms with Crippen LogP contribution in [0.25, 0.3) is 0 Å². The monoisotopic (exact) mass is 382 g/mol. The number of hydrogen-bond acceptors (Lipinski definition) is 8. The van der Waals surface area contributed by atoms with E-state index in [1.54, 1.807) is 27.7 Å². The zero-order chi connectivity index (χ0) is 18.2. The Morgan fingerprint density at radius 1 is 0.917 bits per heavy atom. The van der Waals surface area contributed by atoms with Crippen LogP contribution in [-0.4, -0.2) is 32.0 Å². The topological polar surface area (TPSA) is 101 Å². The lowest BCUT2D eigenvalue weighted by Crippen LogP contribution is -2.06. The number of carbonyl (C=O) groups excluding carboxylic acids is 1. The van der Waals surface area contributed by atoms with Gasteiger partial charge < -0.3 is 22.5 Å². The van der Waals surface area contributed by atoms with E-state index in [4.69, 9.17) is 22.5 Å². The molecule has 1 rings (SSSR count). The molecule has 1 aromatic heterocycles. The Balaban J connectivity index is 2.97. The van der Waals surface area contributed by atoms with Gasteiger partial charge >= 0.3 is 20.7 Å². The van der Waals surface area contributed by atoms with Crippen LogP contribution in [0.2, 0.25) is 0 Å². The molecule has 0 unspecified atom stereocenters. The van der Waals surface area contributed by atoms with Gasteiger partial charge in [-0.3, -0.25) is 13.9 Å². The minimum Gasteiger partial charge on any atom is -0.457 e. The van der Waals surface area contributed by atoms with E-state index >= 15 is 0 Å². The van der Waals surface area contributed by atoms with Crippen LogP contribution in [0.5, 0.6) is 0 Å². The Hall–Kier alpha value is -0.750. The van der Waals surface area contributed by atoms with E-state index in [0.29, 0.717) is 0 Å². The first kappa shape index (κ1) is 21.3. The lowest BCUT2D eigenvalue weighted by Gasteiger charge is -2.15. The van der Waals surface area contributed by atoms with Crippen molar-refractivity contribution < 1.29 is 36.4 Å². The molecule has 0 N–H and O–H groups in total. The van der Waals surface area contributed by atoms with Gasteiger partial charge in [-0.2, -0.15) is 0 Å². The van der Waals surface area contributed by atoms with Gasteiger partial charge in [-0.15, -0.1) is 0 Å². The first-order valence-electron chi connectivity index (χ1n) is 7.75. The third-order valence-corrected chi connectivity index (χ3v) is 6.64. The molecule has 0 radical (unpaired) electrons. The summed E-state index contributed by atoms with van der Waals surface area (Å²) in [5, 5.41) is 0. The van der Waals surface area contributed by atoms with Gasteiger partial charge in [0.05, 0.1) is 26.4 Å². The van der Waals surface area contributed by atoms with Crippen molar-refractivity contribution in [2.75, 3.05) is 26.4 Å². The molecule has 0 amide bonds. The Morgan fingerprint density at radius 2 is 1.42 bits per heavy atom. The third-order valence-electron chi connectivity index (χ3n) is 2.72. The molecule has 138 valence electrons. The first-order valence-corrected chi connectivity index (χ1v) is 11.0. The van der Waals surface area contributed by atoms with E-state index in [-0.39, 0.29) is 44.1 Å². The van der Waals surface area contributed by atoms with Crippen LogP contribution in [0.1, 0.15) is 44.0 Å². The van der Waals surface area contributed by atoms with Gasteiger partial charge in [-0.05, 0) is 39.8 Å². The minimum absolute atomic E-state index is 0.0560. The van der Waals surface area contributed by atoms with E-state index in [1.807, 2.05) is 0 Å². The van der Waals surface area contributed by atoms with E-state index in [2.05, 4.69) is 0 Å². The zero-order valence-corrected chi connectivity index (χ0v) is 16.1. The highest BCUT2D eigenvalue weighted by Gasteiger charge is 2.38. The molecule has 0 spiro atoms. The SMILES string of the molecule is CCOP(=O)(Cc1ccc(C(=O)P(=O)(OCC)OCC)o1)OCC. The Morgan fingerprint density at radius 3 is 1.88 bits per heavy atom. The smallest absolute Gasteiger partial charge is 0.404 e. The van der Waals surface area contributed by atoms with Crippen molar-refractivity contribution in [1.82, 2.24) is 0 Å². The highest BCUT2D eigenvalue weighted by molar-refractivity contribution is 7.72. The van der Waals surface area contributed by atoms with Crippen molar-refractivity contribution in [3.05, 3.63) is 23.7 Å². The predicted octanol–water partition coefficient (Wildman–Crippen LogP) is 4.45. The highest BCUT2D eigenvalue weighted by Crippen LogP contribution is 2.53. The zero-order valence-electron chi connectivity index (χ0n) is 14.4. The molecular formula is C14H24O8P2. The second-order valence-corrected chi connectivity index (χ2v) is 8.48. The van der Waals surface area contributed by atoms with Gasteiger partial charge in [-0.1, -0.05) is 0 Å². The summed E-state index contributed by atoms with van der Waals surface area (Å²) in [6.45, 7) is 7.15. The maximum atomic E-state index is 12.5. The van der Waals surface area contributed by atoms with Crippen LogP contribution in [0.3, 0.4) is 0 Å². The van der Waals surface area contributed by atoms with Crippen LogP contribution in [0.4, 0.5) is 0 Å². The average molecular weight is 382 g/mol. The fourth-order valence-corrected chi connectivity index (χ4v) is 4.89. The summed E-state index contributed by atoms with van der Waals surface area (Å²) in [6.07, 6.45) is -0.129. The van der Waals surface area contributed by atoms with Crippen LogP contribution in [0.15, 0.2) is 16.5 Å². The van der Waals surface area contributed by atoms with Crippen molar-refractivity contribution in [2.24, 2.45) is 0 Å². The fraction of sp³-hybridized carbons (Fsp3) is 0.643. The van der Waals surface area contributed by atoms with Gasteiger partial charge in [0.15, 0.2) is 5.76 Å². The molecule has 0 saturated heterocycles. The summed E-state index contributed by atoms with van der Waals surface area (Å²) in [7, 11) is -7.32. The number of hydrogen-bond donors (Lipinski definition) is 0. The molecule has 0 bridgehead atoms. The molecule has 0 saturated carbocycles. The number of carbonyl (C=O) groups is 1. The molecule has 0 fully saturated rings. The van der Waals surface area contributed by atoms with Crippen molar-refractivity contribution in [2.45, 2.75) is 33.9 Å². The van der Waals surface area contributed by atoms with Gasteiger partial charge in [0.1, 0.15) is 11.9 Å². The second-order valence-electron chi connectivity index (χ2n) is 4.51. The molecule has 24 heavy (non-hydrogen) atoms. The summed E-state index contributed by atoms with van der Waals surface area (Å²) in [4.78, 5) is 12.3. The number of furan rings is 1. The largest absolute Gasteiger partial charge is 0.457 e. The number of rotatable bonds is 12. The Bertz CT molecular complexity index is 604. The van der Waals surface area contributed by atoms with E-state index in [1.165, 1.54) is 12.1 Å². The first-order chi connectivity index (χ1) is 11.3. The summed E-state index contributed by atoms with van der Waals surface area (Å²) in [5.41, 5.74) is -0.875. The van der Waals surface area contributed by atoms with Crippen molar-refractivity contribution in [1.29, 1.82) is 0 Å². The van der Waals surface area contributed by atoms with E-state index in [0.717, 1.165) is 0 Å². The summed E-state index contributed by atoms with van der Waals surface area (Å²) in [5.74, 6) is 0.0397. The summed E-state index contributed by atoms with van der Waals surface area (Å²) in [6, 6.07) is 2.80. The minimum atomic E-state index is -3.96. The molecule has 1 heterocycles. The molecule has 0 aliphatic heterocycles. The van der Waals surface area contributed by atoms with Crippen molar-refractivity contribution in [3.8, 4) is 0 Å². The molecular weight excluding hydrogens is 358 g/mol. The van der Waals surface area contributed by atoms with Crippen molar-refractivity contribution >= 4 is 20.7 Å². The van der Waals surface area contributed by atoms with Gasteiger partial charge in [0.2, 0.25) is 0 Å². The van der Waals surface area contributed by atoms with Crippen LogP contribution in [0, 0.1) is 0 Å². The van der Waals surface area contributed by atoms with E-state index < -0.39 is 20.7 Å². The van der Waals surface area contributed by atoms with Gasteiger partial charge in [-0.25, -0.2) is 0 Å². The summed E-state index contributed by atoms with van der Waals surface area (Å²) < 4.78 is 50.6. The molecule has 0 aromatic carbocycles. The average Bonchev–Trinajstić information content (AvgIpc) is 2.95. The second kappa shape index (κ2) is 9.66. The third kappa shape index (κ3) is 5.66. The van der Waals surface area contributed by atoms with Gasteiger partial charge in [0.25, 0.3) is 0 Å². The molecule has 0 aliphatic rings. The lowest BCUT2D eigenvalue weighted by molar-refractivity contribution is 0.0975. The Labute approximate surface area is 141 Å². The molecule has 10 heteroatoms. The maximum absolute atomic E-state index is 12.5. The fourth-order valence-electron chi connectivity index (χ4n) is 1.92. The van der Waals surface area contributed by atoms with Gasteiger partial charge in [0, 0.05) is 0 Å². The van der Waals surface area contributed by atoms with Crippen LogP contribution in [-0.2, 0) is 33.4 Å². The lowest BCUT2D eigenvalue weighted by atomic mass is 10.4. The predicted molar refractivity (Wildman–Crippen MR) is 88.5 cm³/mol. The molecule has 1 aromatic rings. The molecule has 8 nitrogen and oxygen atoms in total. The molecule has 0 aliphatic carbocycles. The highest BCUT2D eigenvalue weighted by atomic mass is 31.2. The molecule has 0 atom stereocenters. The normalized spacial score (nSPS) is 12.5. The van der Waals surface area contributed by atoms with Crippen LogP contribution >= 0.6 is 15.2 Å². The van der Waals surface area contributed by atoms with Crippen molar-refractivity contribution in [3.63, 3.8) is 0 Å². The standard InChI is InChI=1S/C14H24O8P2/c1-5-18-23(16,19-6-2)11-12-9-10-13(22-12)14(15)24(17,20-7-3)21-8-4/h9-10H,5-8,11H2,1-4H3. The maximum Gasteiger partial charge on any atom is 0.404 e. The van der Waals surface area contributed by atoms with Crippen LogP contribution < -0.4 is 0 Å². The Kier molecular flexibility index (Phi) is 8.57. The van der Waals surface area contributed by atoms with E-state index in [9.17, 15) is 13.9 Å². The summed E-state index contributed by atoms with van der Waals surface area (Å²) >= 11 is 0. The quantitative estimate of drug-likeness (QED) is 0.489.